The Morgan fingerprint density at radius 3 is 2.60 bits per heavy atom. The van der Waals surface area contributed by atoms with Crippen molar-refractivity contribution < 1.29 is 14.7 Å². The minimum Gasteiger partial charge on any atom is -0.481 e. The van der Waals surface area contributed by atoms with Crippen LogP contribution >= 0.6 is 0 Å². The second-order valence-corrected chi connectivity index (χ2v) is 5.48. The Labute approximate surface area is 119 Å². The van der Waals surface area contributed by atoms with Crippen molar-refractivity contribution in [1.29, 1.82) is 0 Å². The van der Waals surface area contributed by atoms with Gasteiger partial charge < -0.3 is 15.7 Å². The number of aliphatic carboxylic acids is 1. The van der Waals surface area contributed by atoms with E-state index in [1.807, 2.05) is 0 Å². The predicted octanol–water partition coefficient (Wildman–Crippen LogP) is -1.44. The molecule has 0 aromatic heterocycles. The monoisotopic (exact) mass is 284 g/mol. The van der Waals surface area contributed by atoms with Crippen molar-refractivity contribution in [3.63, 3.8) is 0 Å². The Morgan fingerprint density at radius 2 is 1.95 bits per heavy atom. The van der Waals surface area contributed by atoms with Crippen LogP contribution < -0.4 is 10.6 Å². The first-order chi connectivity index (χ1) is 9.65. The van der Waals surface area contributed by atoms with E-state index in [2.05, 4.69) is 20.4 Å². The molecular weight excluding hydrogens is 260 g/mol. The number of carboxylic acid groups (broad SMARTS) is 1. The van der Waals surface area contributed by atoms with Gasteiger partial charge in [0.25, 0.3) is 0 Å². The van der Waals surface area contributed by atoms with Gasteiger partial charge in [0.05, 0.1) is 6.54 Å². The molecule has 0 bridgehead atoms. The van der Waals surface area contributed by atoms with E-state index >= 15 is 0 Å². The van der Waals surface area contributed by atoms with E-state index in [1.54, 1.807) is 0 Å². The second-order valence-electron chi connectivity index (χ2n) is 5.48. The lowest BCUT2D eigenvalue weighted by Crippen LogP contribution is -2.63. The van der Waals surface area contributed by atoms with E-state index in [0.717, 1.165) is 39.3 Å². The van der Waals surface area contributed by atoms with Gasteiger partial charge in [-0.1, -0.05) is 0 Å². The van der Waals surface area contributed by atoms with Crippen LogP contribution in [0.25, 0.3) is 0 Å². The van der Waals surface area contributed by atoms with Gasteiger partial charge in [-0.05, 0) is 6.42 Å². The lowest BCUT2D eigenvalue weighted by atomic mass is 10.1. The molecule has 0 spiro atoms. The maximum Gasteiger partial charge on any atom is 0.303 e. The van der Waals surface area contributed by atoms with Gasteiger partial charge in [-0.2, -0.15) is 0 Å². The van der Waals surface area contributed by atoms with Gasteiger partial charge in [0, 0.05) is 58.3 Å². The maximum absolute atomic E-state index is 11.7. The van der Waals surface area contributed by atoms with Crippen LogP contribution in [0.3, 0.4) is 0 Å². The zero-order valence-electron chi connectivity index (χ0n) is 11.8. The van der Waals surface area contributed by atoms with Gasteiger partial charge in [0.1, 0.15) is 0 Å². The summed E-state index contributed by atoms with van der Waals surface area (Å²) >= 11 is 0. The van der Waals surface area contributed by atoms with E-state index < -0.39 is 5.97 Å². The first kappa shape index (κ1) is 15.2. The second kappa shape index (κ2) is 7.56. The lowest BCUT2D eigenvalue weighted by Gasteiger charge is -2.46. The fourth-order valence-corrected chi connectivity index (χ4v) is 2.68. The minimum atomic E-state index is -0.819. The topological polar surface area (TPSA) is 84.9 Å². The van der Waals surface area contributed by atoms with Crippen molar-refractivity contribution in [2.24, 2.45) is 0 Å². The number of carboxylic acids is 1. The molecule has 0 atom stereocenters. The van der Waals surface area contributed by atoms with Gasteiger partial charge in [0.2, 0.25) is 5.91 Å². The summed E-state index contributed by atoms with van der Waals surface area (Å²) in [6.07, 6.45) is 0.597. The molecule has 0 aromatic carbocycles. The van der Waals surface area contributed by atoms with Gasteiger partial charge in [0.15, 0.2) is 0 Å². The van der Waals surface area contributed by atoms with Gasteiger partial charge >= 0.3 is 5.97 Å². The van der Waals surface area contributed by atoms with E-state index in [4.69, 9.17) is 5.11 Å². The fourth-order valence-electron chi connectivity index (χ4n) is 2.68. The summed E-state index contributed by atoms with van der Waals surface area (Å²) in [6.45, 7) is 7.10. The molecule has 0 radical (unpaired) electrons. The number of rotatable bonds is 7. The number of amides is 1. The van der Waals surface area contributed by atoms with Crippen LogP contribution in [0.1, 0.15) is 12.8 Å². The van der Waals surface area contributed by atoms with Crippen LogP contribution in [0, 0.1) is 0 Å². The van der Waals surface area contributed by atoms with E-state index in [0.29, 0.717) is 25.6 Å². The van der Waals surface area contributed by atoms with Crippen molar-refractivity contribution in [2.45, 2.75) is 18.9 Å². The van der Waals surface area contributed by atoms with Crippen LogP contribution in [0.4, 0.5) is 0 Å². The molecule has 7 nitrogen and oxygen atoms in total. The van der Waals surface area contributed by atoms with E-state index in [1.165, 1.54) is 0 Å². The van der Waals surface area contributed by atoms with Crippen LogP contribution in [-0.4, -0.2) is 85.2 Å². The summed E-state index contributed by atoms with van der Waals surface area (Å²) < 4.78 is 0. The number of nitrogens with zero attached hydrogens (tertiary/aromatic N) is 2. The van der Waals surface area contributed by atoms with Crippen LogP contribution in [0.5, 0.6) is 0 Å². The number of hydrogen-bond donors (Lipinski definition) is 3. The molecule has 1 amide bonds. The highest BCUT2D eigenvalue weighted by Crippen LogP contribution is 2.14. The number of carbonyl (C=O) groups is 2. The zero-order valence-corrected chi connectivity index (χ0v) is 11.8. The summed E-state index contributed by atoms with van der Waals surface area (Å²) in [5.41, 5.74) is 0. The van der Waals surface area contributed by atoms with Crippen molar-refractivity contribution in [3.05, 3.63) is 0 Å². The summed E-state index contributed by atoms with van der Waals surface area (Å²) in [7, 11) is 0. The van der Waals surface area contributed by atoms with Crippen molar-refractivity contribution in [3.8, 4) is 0 Å². The van der Waals surface area contributed by atoms with Gasteiger partial charge in [-0.25, -0.2) is 0 Å². The van der Waals surface area contributed by atoms with Crippen LogP contribution in [-0.2, 0) is 9.59 Å². The Kier molecular flexibility index (Phi) is 5.75. The summed E-state index contributed by atoms with van der Waals surface area (Å²) in [5.74, 6) is -0.824. The molecular formula is C13H24N4O3. The third-order valence-corrected chi connectivity index (χ3v) is 3.86. The van der Waals surface area contributed by atoms with Crippen LogP contribution in [0.2, 0.25) is 0 Å². The molecule has 2 heterocycles. The zero-order chi connectivity index (χ0) is 14.4. The molecule has 0 aromatic rings. The number of hydrogen-bond acceptors (Lipinski definition) is 5. The van der Waals surface area contributed by atoms with Gasteiger partial charge in [-0.15, -0.1) is 0 Å². The molecule has 114 valence electrons. The molecule has 20 heavy (non-hydrogen) atoms. The highest BCUT2D eigenvalue weighted by molar-refractivity contribution is 5.78. The van der Waals surface area contributed by atoms with Crippen molar-refractivity contribution in [1.82, 2.24) is 20.4 Å². The molecule has 2 aliphatic rings. The Morgan fingerprint density at radius 1 is 1.25 bits per heavy atom. The van der Waals surface area contributed by atoms with Crippen molar-refractivity contribution >= 4 is 11.9 Å². The third-order valence-electron chi connectivity index (χ3n) is 3.86. The van der Waals surface area contributed by atoms with E-state index in [9.17, 15) is 9.59 Å². The third kappa shape index (κ3) is 4.73. The minimum absolute atomic E-state index is 0.00542. The molecule has 7 heteroatoms. The standard InChI is InChI=1S/C13H24N4O3/c18-12(15-3-1-2-13(19)20)10-16-8-11(9-16)17-6-4-14-5-7-17/h11,14H,1-10H2,(H,15,18)(H,19,20). The highest BCUT2D eigenvalue weighted by Gasteiger charge is 2.32. The molecule has 2 aliphatic heterocycles. The molecule has 0 saturated carbocycles. The molecule has 2 fully saturated rings. The Bertz CT molecular complexity index is 339. The number of carbonyl (C=O) groups excluding carboxylic acids is 1. The molecule has 2 rings (SSSR count). The molecule has 3 N–H and O–H groups in total. The predicted molar refractivity (Wildman–Crippen MR) is 74.6 cm³/mol. The summed E-state index contributed by atoms with van der Waals surface area (Å²) in [5, 5.41) is 14.6. The van der Waals surface area contributed by atoms with Crippen LogP contribution in [0.15, 0.2) is 0 Å². The summed E-state index contributed by atoms with van der Waals surface area (Å²) in [4.78, 5) is 26.6. The number of nitrogens with one attached hydrogen (secondary N) is 2. The average Bonchev–Trinajstić information content (AvgIpc) is 2.39. The molecule has 0 unspecified atom stereocenters. The molecule has 0 aliphatic carbocycles. The smallest absolute Gasteiger partial charge is 0.303 e. The lowest BCUT2D eigenvalue weighted by molar-refractivity contribution is -0.137. The largest absolute Gasteiger partial charge is 0.481 e. The fraction of sp³-hybridized carbons (Fsp3) is 0.846. The van der Waals surface area contributed by atoms with Gasteiger partial charge in [-0.3, -0.25) is 19.4 Å². The normalized spacial score (nSPS) is 21.4. The first-order valence-electron chi connectivity index (χ1n) is 7.31. The Balaban J connectivity index is 1.52. The summed E-state index contributed by atoms with van der Waals surface area (Å²) in [6, 6.07) is 0.594. The SMILES string of the molecule is O=C(O)CCCNC(=O)CN1CC(N2CCNCC2)C1. The molecule has 2 saturated heterocycles. The number of likely N-dealkylation sites (tertiary alicyclic amines) is 1. The maximum atomic E-state index is 11.7. The highest BCUT2D eigenvalue weighted by atomic mass is 16.4. The number of piperazine rings is 1. The first-order valence-corrected chi connectivity index (χ1v) is 7.31. The Hall–Kier alpha value is -1.18. The quantitative estimate of drug-likeness (QED) is 0.496. The van der Waals surface area contributed by atoms with E-state index in [-0.39, 0.29) is 12.3 Å². The van der Waals surface area contributed by atoms with Crippen molar-refractivity contribution in [2.75, 3.05) is 52.4 Å². The average molecular weight is 284 g/mol.